The van der Waals surface area contributed by atoms with Gasteiger partial charge >= 0.3 is 11.8 Å². The number of nitrogens with one attached hydrogen (secondary N) is 2. The van der Waals surface area contributed by atoms with E-state index >= 15 is 0 Å². The summed E-state index contributed by atoms with van der Waals surface area (Å²) in [5.41, 5.74) is 3.52. The van der Waals surface area contributed by atoms with E-state index in [0.29, 0.717) is 16.3 Å². The van der Waals surface area contributed by atoms with Gasteiger partial charge in [-0.05, 0) is 34.9 Å². The molecule has 0 radical (unpaired) electrons. The van der Waals surface area contributed by atoms with Crippen molar-refractivity contribution in [2.75, 3.05) is 6.54 Å². The summed E-state index contributed by atoms with van der Waals surface area (Å²) in [5, 5.41) is 17.1. The molecule has 8 nitrogen and oxygen atoms in total. The van der Waals surface area contributed by atoms with E-state index in [-0.39, 0.29) is 18.7 Å². The second-order valence-electron chi connectivity index (χ2n) is 5.66. The van der Waals surface area contributed by atoms with Crippen LogP contribution < -0.4 is 20.6 Å². The van der Waals surface area contributed by atoms with Gasteiger partial charge in [0.2, 0.25) is 0 Å². The Morgan fingerprint density at radius 1 is 1.14 bits per heavy atom. The molecule has 0 aliphatic carbocycles. The molecule has 0 atom stereocenters. The Hall–Kier alpha value is -3.65. The van der Waals surface area contributed by atoms with E-state index in [4.69, 9.17) is 16.3 Å². The van der Waals surface area contributed by atoms with Crippen LogP contribution in [0.15, 0.2) is 60.2 Å². The zero-order valence-electron chi connectivity index (χ0n) is 15.2. The first kappa shape index (κ1) is 21.6. The van der Waals surface area contributed by atoms with Crippen LogP contribution >= 0.6 is 11.6 Å². The molecule has 0 unspecified atom stereocenters. The Morgan fingerprint density at radius 2 is 1.86 bits per heavy atom. The number of carbonyl (C=O) groups excluding carboxylic acids is 3. The van der Waals surface area contributed by atoms with Crippen LogP contribution in [0.5, 0.6) is 5.75 Å². The summed E-state index contributed by atoms with van der Waals surface area (Å²) >= 11 is 6.18. The number of carboxylic acids is 1. The van der Waals surface area contributed by atoms with Crippen molar-refractivity contribution in [3.05, 3.63) is 76.8 Å². The highest BCUT2D eigenvalue weighted by Crippen LogP contribution is 2.25. The maximum atomic E-state index is 11.5. The summed E-state index contributed by atoms with van der Waals surface area (Å²) in [5.74, 6) is -2.55. The van der Waals surface area contributed by atoms with Crippen molar-refractivity contribution in [2.24, 2.45) is 5.10 Å². The van der Waals surface area contributed by atoms with Crippen LogP contribution in [-0.4, -0.2) is 30.5 Å². The minimum absolute atomic E-state index is 0.0840. The maximum absolute atomic E-state index is 11.5. The first-order chi connectivity index (χ1) is 13.9. The van der Waals surface area contributed by atoms with Crippen molar-refractivity contribution in [3.63, 3.8) is 0 Å². The molecule has 2 N–H and O–H groups in total. The number of nitrogens with zero attached hydrogens (tertiary/aromatic N) is 1. The van der Waals surface area contributed by atoms with E-state index < -0.39 is 17.8 Å². The van der Waals surface area contributed by atoms with Gasteiger partial charge < -0.3 is 20.0 Å². The molecule has 2 amide bonds. The molecule has 0 aliphatic heterocycles. The molecular formula is C20H17ClN3O5-. The van der Waals surface area contributed by atoms with Crippen molar-refractivity contribution in [3.8, 4) is 5.75 Å². The third-order valence-electron chi connectivity index (χ3n) is 3.53. The van der Waals surface area contributed by atoms with Gasteiger partial charge in [-0.15, -0.1) is 6.58 Å². The molecule has 29 heavy (non-hydrogen) atoms. The van der Waals surface area contributed by atoms with Gasteiger partial charge in [0.25, 0.3) is 0 Å². The molecule has 0 fully saturated rings. The van der Waals surface area contributed by atoms with Crippen LogP contribution in [0.3, 0.4) is 0 Å². The number of hydrogen-bond donors (Lipinski definition) is 2. The number of ether oxygens (including phenoxy) is 1. The van der Waals surface area contributed by atoms with Crippen LogP contribution in [0.25, 0.3) is 0 Å². The van der Waals surface area contributed by atoms with Crippen LogP contribution in [0, 0.1) is 0 Å². The van der Waals surface area contributed by atoms with Crippen molar-refractivity contribution in [2.45, 2.75) is 6.61 Å². The molecule has 0 aromatic heterocycles. The number of aromatic carboxylic acids is 1. The zero-order chi connectivity index (χ0) is 21.2. The first-order valence-corrected chi connectivity index (χ1v) is 8.73. The van der Waals surface area contributed by atoms with Gasteiger partial charge in [0.05, 0.1) is 17.2 Å². The topological polar surface area (TPSA) is 120 Å². The summed E-state index contributed by atoms with van der Waals surface area (Å²) in [7, 11) is 0. The number of carbonyl (C=O) groups is 3. The molecule has 0 heterocycles. The van der Waals surface area contributed by atoms with Crippen LogP contribution in [-0.2, 0) is 16.2 Å². The minimum Gasteiger partial charge on any atom is -0.545 e. The summed E-state index contributed by atoms with van der Waals surface area (Å²) in [6.45, 7) is 3.79. The molecule has 2 aromatic rings. The van der Waals surface area contributed by atoms with Gasteiger partial charge in [-0.2, -0.15) is 5.10 Å². The monoisotopic (exact) mass is 414 g/mol. The highest BCUT2D eigenvalue weighted by Gasteiger charge is 2.10. The second-order valence-corrected chi connectivity index (χ2v) is 6.07. The molecule has 0 saturated heterocycles. The standard InChI is InChI=1S/C20H18ClN3O5/c1-2-9-22-18(25)19(26)24-23-11-14-5-8-17(16(21)10-14)29-12-13-3-6-15(7-4-13)20(27)28/h2-8,10-11H,1,9,12H2,(H,22,25)(H,24,26)(H,27,28)/p-1/b23-11-. The smallest absolute Gasteiger partial charge is 0.329 e. The fourth-order valence-corrected chi connectivity index (χ4v) is 2.32. The minimum atomic E-state index is -1.24. The van der Waals surface area contributed by atoms with Crippen LogP contribution in [0.4, 0.5) is 0 Å². The number of benzene rings is 2. The van der Waals surface area contributed by atoms with Crippen molar-refractivity contribution >= 4 is 35.6 Å². The zero-order valence-corrected chi connectivity index (χ0v) is 15.9. The summed E-state index contributed by atoms with van der Waals surface area (Å²) in [4.78, 5) is 33.6. The first-order valence-electron chi connectivity index (χ1n) is 8.35. The normalized spacial score (nSPS) is 10.4. The highest BCUT2D eigenvalue weighted by atomic mass is 35.5. The number of amides is 2. The average molecular weight is 415 g/mol. The van der Waals surface area contributed by atoms with Gasteiger partial charge in [0, 0.05) is 6.54 Å². The van der Waals surface area contributed by atoms with E-state index in [1.54, 1.807) is 30.3 Å². The third-order valence-corrected chi connectivity index (χ3v) is 3.83. The second kappa shape index (κ2) is 10.6. The van der Waals surface area contributed by atoms with Gasteiger partial charge in [0.15, 0.2) is 0 Å². The fourth-order valence-electron chi connectivity index (χ4n) is 2.07. The van der Waals surface area contributed by atoms with Crippen molar-refractivity contribution in [1.82, 2.24) is 10.7 Å². The number of halogens is 1. The van der Waals surface area contributed by atoms with Crippen LogP contribution in [0.1, 0.15) is 21.5 Å². The van der Waals surface area contributed by atoms with Gasteiger partial charge in [-0.1, -0.05) is 41.9 Å². The molecule has 0 spiro atoms. The van der Waals surface area contributed by atoms with Gasteiger partial charge in [0.1, 0.15) is 12.4 Å². The lowest BCUT2D eigenvalue weighted by Crippen LogP contribution is -2.37. The number of carboxylic acid groups (broad SMARTS) is 1. The van der Waals surface area contributed by atoms with E-state index in [1.165, 1.54) is 24.4 Å². The highest BCUT2D eigenvalue weighted by molar-refractivity contribution is 6.35. The summed E-state index contributed by atoms with van der Waals surface area (Å²) < 4.78 is 5.62. The van der Waals surface area contributed by atoms with E-state index in [9.17, 15) is 19.5 Å². The molecule has 150 valence electrons. The average Bonchev–Trinajstić information content (AvgIpc) is 2.71. The molecule has 0 aliphatic rings. The van der Waals surface area contributed by atoms with Crippen LogP contribution in [0.2, 0.25) is 5.02 Å². The molecule has 2 rings (SSSR count). The summed E-state index contributed by atoms with van der Waals surface area (Å²) in [6, 6.07) is 11.0. The van der Waals surface area contributed by atoms with E-state index in [1.807, 2.05) is 0 Å². The maximum Gasteiger partial charge on any atom is 0.329 e. The quantitative estimate of drug-likeness (QED) is 0.289. The Labute approximate surface area is 171 Å². The summed E-state index contributed by atoms with van der Waals surface area (Å²) in [6.07, 6.45) is 2.77. The number of rotatable bonds is 8. The third kappa shape index (κ3) is 6.78. The predicted octanol–water partition coefficient (Wildman–Crippen LogP) is 1.03. The molecule has 9 heteroatoms. The Morgan fingerprint density at radius 3 is 2.48 bits per heavy atom. The fraction of sp³-hybridized carbons (Fsp3) is 0.100. The van der Waals surface area contributed by atoms with E-state index in [0.717, 1.165) is 5.56 Å². The molecule has 2 aromatic carbocycles. The number of hydrazone groups is 1. The van der Waals surface area contributed by atoms with Crippen molar-refractivity contribution < 1.29 is 24.2 Å². The number of hydrogen-bond acceptors (Lipinski definition) is 6. The molecule has 0 saturated carbocycles. The lowest BCUT2D eigenvalue weighted by Gasteiger charge is -2.09. The van der Waals surface area contributed by atoms with Gasteiger partial charge in [-0.3, -0.25) is 9.59 Å². The van der Waals surface area contributed by atoms with Crippen molar-refractivity contribution in [1.29, 1.82) is 0 Å². The molecule has 0 bridgehead atoms. The Bertz CT molecular complexity index is 942. The molecular weight excluding hydrogens is 398 g/mol. The Kier molecular flexibility index (Phi) is 7.93. The lowest BCUT2D eigenvalue weighted by atomic mass is 10.1. The lowest BCUT2D eigenvalue weighted by molar-refractivity contribution is -0.255. The largest absolute Gasteiger partial charge is 0.545 e. The Balaban J connectivity index is 1.90. The predicted molar refractivity (Wildman–Crippen MR) is 105 cm³/mol. The van der Waals surface area contributed by atoms with E-state index in [2.05, 4.69) is 22.4 Å². The van der Waals surface area contributed by atoms with Gasteiger partial charge in [-0.25, -0.2) is 5.43 Å². The SMILES string of the molecule is C=CCNC(=O)C(=O)N/N=C\c1ccc(OCc2ccc(C(=O)[O-])cc2)c(Cl)c1.